The summed E-state index contributed by atoms with van der Waals surface area (Å²) < 4.78 is 0. The highest BCUT2D eigenvalue weighted by Gasteiger charge is 2.23. The van der Waals surface area contributed by atoms with Crippen molar-refractivity contribution in [1.82, 2.24) is 0 Å². The lowest BCUT2D eigenvalue weighted by Gasteiger charge is -2.19. The first-order chi connectivity index (χ1) is 11.6. The van der Waals surface area contributed by atoms with Crippen molar-refractivity contribution in [2.45, 2.75) is 24.7 Å². The van der Waals surface area contributed by atoms with Crippen molar-refractivity contribution in [2.75, 3.05) is 23.0 Å². The van der Waals surface area contributed by atoms with E-state index in [9.17, 15) is 9.59 Å². The average molecular weight is 340 g/mol. The summed E-state index contributed by atoms with van der Waals surface area (Å²) in [5.74, 6) is 0.0109. The number of amides is 2. The Balaban J connectivity index is 1.85. The van der Waals surface area contributed by atoms with Gasteiger partial charge < -0.3 is 10.2 Å². The quantitative estimate of drug-likeness (QED) is 0.853. The van der Waals surface area contributed by atoms with Crippen molar-refractivity contribution in [3.05, 3.63) is 53.6 Å². The first-order valence-corrected chi connectivity index (χ1v) is 9.18. The molecule has 1 fully saturated rings. The molecule has 2 aromatic carbocycles. The van der Waals surface area contributed by atoms with Crippen LogP contribution in [0, 0.1) is 6.92 Å². The molecular weight excluding hydrogens is 320 g/mol. The van der Waals surface area contributed by atoms with Crippen LogP contribution in [0.2, 0.25) is 0 Å². The molecule has 0 radical (unpaired) electrons. The second kappa shape index (κ2) is 7.09. The average Bonchev–Trinajstić information content (AvgIpc) is 3.02. The Labute approximate surface area is 146 Å². The molecule has 2 aromatic rings. The van der Waals surface area contributed by atoms with Gasteiger partial charge in [-0.2, -0.15) is 0 Å². The van der Waals surface area contributed by atoms with E-state index in [1.807, 2.05) is 55.6 Å². The highest BCUT2D eigenvalue weighted by Crippen LogP contribution is 2.29. The van der Waals surface area contributed by atoms with E-state index < -0.39 is 0 Å². The van der Waals surface area contributed by atoms with Crippen molar-refractivity contribution in [1.29, 1.82) is 0 Å². The van der Waals surface area contributed by atoms with Gasteiger partial charge in [0.05, 0.1) is 5.56 Å². The molecule has 1 N–H and O–H groups in total. The number of hydrogen-bond donors (Lipinski definition) is 1. The van der Waals surface area contributed by atoms with Crippen LogP contribution >= 0.6 is 11.8 Å². The van der Waals surface area contributed by atoms with Gasteiger partial charge in [0.2, 0.25) is 5.91 Å². The molecular formula is C19H20N2O2S. The third kappa shape index (κ3) is 3.31. The molecule has 124 valence electrons. The summed E-state index contributed by atoms with van der Waals surface area (Å²) in [5.41, 5.74) is 3.28. The molecule has 0 saturated carbocycles. The lowest BCUT2D eigenvalue weighted by molar-refractivity contribution is -0.117. The zero-order chi connectivity index (χ0) is 17.1. The number of anilines is 2. The number of carbonyl (C=O) groups excluding carboxylic acids is 2. The number of benzene rings is 2. The maximum Gasteiger partial charge on any atom is 0.256 e. The van der Waals surface area contributed by atoms with Gasteiger partial charge in [0, 0.05) is 29.2 Å². The monoisotopic (exact) mass is 340 g/mol. The van der Waals surface area contributed by atoms with Crippen LogP contribution in [-0.4, -0.2) is 24.6 Å². The SMILES string of the molecule is CSc1ccccc1C(=O)Nc1ccc(C)c(N2CCCC2=O)c1. The van der Waals surface area contributed by atoms with Gasteiger partial charge in [0.25, 0.3) is 5.91 Å². The van der Waals surface area contributed by atoms with E-state index in [1.54, 1.807) is 16.7 Å². The maximum absolute atomic E-state index is 12.6. The summed E-state index contributed by atoms with van der Waals surface area (Å²) in [6.07, 6.45) is 3.43. The maximum atomic E-state index is 12.6. The van der Waals surface area contributed by atoms with Crippen molar-refractivity contribution in [3.8, 4) is 0 Å². The Bertz CT molecular complexity index is 789. The molecule has 0 aromatic heterocycles. The molecule has 4 nitrogen and oxygen atoms in total. The topological polar surface area (TPSA) is 49.4 Å². The van der Waals surface area contributed by atoms with Crippen LogP contribution < -0.4 is 10.2 Å². The van der Waals surface area contributed by atoms with Crippen molar-refractivity contribution < 1.29 is 9.59 Å². The number of aryl methyl sites for hydroxylation is 1. The Morgan fingerprint density at radius 3 is 2.71 bits per heavy atom. The molecule has 0 atom stereocenters. The fourth-order valence-electron chi connectivity index (χ4n) is 2.91. The first kappa shape index (κ1) is 16.6. The summed E-state index contributed by atoms with van der Waals surface area (Å²) in [6.45, 7) is 2.72. The number of carbonyl (C=O) groups is 2. The van der Waals surface area contributed by atoms with Gasteiger partial charge in [-0.15, -0.1) is 11.8 Å². The molecule has 0 spiro atoms. The van der Waals surface area contributed by atoms with E-state index >= 15 is 0 Å². The minimum atomic E-state index is -0.137. The standard InChI is InChI=1S/C19H20N2O2S/c1-13-9-10-14(12-16(13)21-11-5-8-18(21)22)20-19(23)15-6-3-4-7-17(15)24-2/h3-4,6-7,9-10,12H,5,8,11H2,1-2H3,(H,20,23). The van der Waals surface area contributed by atoms with Crippen LogP contribution in [-0.2, 0) is 4.79 Å². The summed E-state index contributed by atoms with van der Waals surface area (Å²) in [4.78, 5) is 27.3. The Kier molecular flexibility index (Phi) is 4.90. The smallest absolute Gasteiger partial charge is 0.256 e. The molecule has 24 heavy (non-hydrogen) atoms. The van der Waals surface area contributed by atoms with E-state index in [4.69, 9.17) is 0 Å². The first-order valence-electron chi connectivity index (χ1n) is 7.95. The van der Waals surface area contributed by atoms with Crippen molar-refractivity contribution >= 4 is 35.0 Å². The largest absolute Gasteiger partial charge is 0.322 e. The second-order valence-electron chi connectivity index (χ2n) is 5.80. The Morgan fingerprint density at radius 1 is 1.21 bits per heavy atom. The molecule has 1 aliphatic rings. The van der Waals surface area contributed by atoms with Crippen LogP contribution in [0.5, 0.6) is 0 Å². The number of rotatable bonds is 4. The third-order valence-electron chi connectivity index (χ3n) is 4.18. The lowest BCUT2D eigenvalue weighted by Crippen LogP contribution is -2.24. The normalized spacial score (nSPS) is 14.1. The van der Waals surface area contributed by atoms with Gasteiger partial charge in [0.15, 0.2) is 0 Å². The van der Waals surface area contributed by atoms with Gasteiger partial charge in [-0.3, -0.25) is 9.59 Å². The number of nitrogens with zero attached hydrogens (tertiary/aromatic N) is 1. The van der Waals surface area contributed by atoms with Gasteiger partial charge in [-0.05, 0) is 49.4 Å². The molecule has 0 unspecified atom stereocenters. The number of hydrogen-bond acceptors (Lipinski definition) is 3. The summed E-state index contributed by atoms with van der Waals surface area (Å²) in [7, 11) is 0. The highest BCUT2D eigenvalue weighted by molar-refractivity contribution is 7.98. The molecule has 1 heterocycles. The molecule has 1 saturated heterocycles. The van der Waals surface area contributed by atoms with Crippen LogP contribution in [0.4, 0.5) is 11.4 Å². The van der Waals surface area contributed by atoms with Crippen LogP contribution in [0.15, 0.2) is 47.4 Å². The fraction of sp³-hybridized carbons (Fsp3) is 0.263. The second-order valence-corrected chi connectivity index (χ2v) is 6.65. The van der Waals surface area contributed by atoms with Gasteiger partial charge >= 0.3 is 0 Å². The van der Waals surface area contributed by atoms with E-state index in [2.05, 4.69) is 5.32 Å². The molecule has 1 aliphatic heterocycles. The zero-order valence-corrected chi connectivity index (χ0v) is 14.7. The summed E-state index contributed by atoms with van der Waals surface area (Å²) in [5, 5.41) is 2.95. The molecule has 2 amide bonds. The van der Waals surface area contributed by atoms with Gasteiger partial charge in [-0.25, -0.2) is 0 Å². The molecule has 0 bridgehead atoms. The van der Waals surface area contributed by atoms with E-state index in [0.29, 0.717) is 17.7 Å². The fourth-order valence-corrected chi connectivity index (χ4v) is 3.51. The third-order valence-corrected chi connectivity index (χ3v) is 4.98. The van der Waals surface area contributed by atoms with Gasteiger partial charge in [0.1, 0.15) is 0 Å². The number of thioether (sulfide) groups is 1. The van der Waals surface area contributed by atoms with Crippen molar-refractivity contribution in [2.24, 2.45) is 0 Å². The lowest BCUT2D eigenvalue weighted by atomic mass is 10.1. The Hall–Kier alpha value is -2.27. The zero-order valence-electron chi connectivity index (χ0n) is 13.8. The van der Waals surface area contributed by atoms with E-state index in [1.165, 1.54) is 0 Å². The van der Waals surface area contributed by atoms with Crippen LogP contribution in [0.25, 0.3) is 0 Å². The van der Waals surface area contributed by atoms with E-state index in [-0.39, 0.29) is 11.8 Å². The molecule has 5 heteroatoms. The minimum absolute atomic E-state index is 0.137. The van der Waals surface area contributed by atoms with E-state index in [0.717, 1.165) is 29.1 Å². The van der Waals surface area contributed by atoms with Crippen LogP contribution in [0.1, 0.15) is 28.8 Å². The summed E-state index contributed by atoms with van der Waals surface area (Å²) in [6, 6.07) is 13.2. The minimum Gasteiger partial charge on any atom is -0.322 e. The summed E-state index contributed by atoms with van der Waals surface area (Å²) >= 11 is 1.55. The van der Waals surface area contributed by atoms with Crippen LogP contribution in [0.3, 0.4) is 0 Å². The number of nitrogens with one attached hydrogen (secondary N) is 1. The van der Waals surface area contributed by atoms with Gasteiger partial charge in [-0.1, -0.05) is 18.2 Å². The van der Waals surface area contributed by atoms with Crippen molar-refractivity contribution in [3.63, 3.8) is 0 Å². The molecule has 3 rings (SSSR count). The molecule has 0 aliphatic carbocycles. The predicted molar refractivity (Wildman–Crippen MR) is 98.9 cm³/mol. The highest BCUT2D eigenvalue weighted by atomic mass is 32.2. The predicted octanol–water partition coefficient (Wildman–Crippen LogP) is 4.10. The Morgan fingerprint density at radius 2 is 2.00 bits per heavy atom.